The Kier molecular flexibility index (Phi) is 4.38. The molecular weight excluding hydrogens is 348 g/mol. The number of allylic oxidation sites excluding steroid dienone is 2. The standard InChI is InChI=1S/C16H15BrN2O3/c17-12-6-7-14-18-13(8-15(20)19(14)9-12)10-22-16(21)11-4-2-1-3-5-11/h1-2,6-9,11H,3-5,10H2/t11-/m1/s1. The zero-order valence-electron chi connectivity index (χ0n) is 11.9. The van der Waals surface area contributed by atoms with Gasteiger partial charge in [0, 0.05) is 16.7 Å². The topological polar surface area (TPSA) is 60.7 Å². The Morgan fingerprint density at radius 2 is 2.27 bits per heavy atom. The molecule has 0 radical (unpaired) electrons. The van der Waals surface area contributed by atoms with Crippen LogP contribution in [0.3, 0.4) is 0 Å². The van der Waals surface area contributed by atoms with Gasteiger partial charge in [0.05, 0.1) is 11.6 Å². The number of carbonyl (C=O) groups is 1. The fourth-order valence-corrected chi connectivity index (χ4v) is 2.81. The summed E-state index contributed by atoms with van der Waals surface area (Å²) in [6.07, 6.45) is 8.19. The molecule has 6 heteroatoms. The highest BCUT2D eigenvalue weighted by atomic mass is 79.9. The average molecular weight is 363 g/mol. The monoisotopic (exact) mass is 362 g/mol. The number of nitrogens with zero attached hydrogens (tertiary/aromatic N) is 2. The number of aromatic nitrogens is 2. The van der Waals surface area contributed by atoms with Gasteiger partial charge in [0.25, 0.3) is 5.56 Å². The van der Waals surface area contributed by atoms with E-state index in [2.05, 4.69) is 27.0 Å². The van der Waals surface area contributed by atoms with Crippen LogP contribution in [0.25, 0.3) is 5.65 Å². The molecule has 22 heavy (non-hydrogen) atoms. The van der Waals surface area contributed by atoms with Gasteiger partial charge >= 0.3 is 5.97 Å². The molecule has 1 aliphatic carbocycles. The summed E-state index contributed by atoms with van der Waals surface area (Å²) in [4.78, 5) is 28.4. The third-order valence-corrected chi connectivity index (χ3v) is 4.11. The lowest BCUT2D eigenvalue weighted by molar-refractivity contribution is -0.150. The van der Waals surface area contributed by atoms with Crippen molar-refractivity contribution in [1.29, 1.82) is 0 Å². The maximum atomic E-state index is 12.1. The Morgan fingerprint density at radius 3 is 3.05 bits per heavy atom. The molecule has 0 bridgehead atoms. The molecule has 0 aromatic carbocycles. The van der Waals surface area contributed by atoms with Crippen LogP contribution in [0.15, 0.2) is 45.8 Å². The van der Waals surface area contributed by atoms with Gasteiger partial charge in [-0.25, -0.2) is 4.98 Å². The van der Waals surface area contributed by atoms with Crippen LogP contribution in [0.5, 0.6) is 0 Å². The number of fused-ring (bicyclic) bond motifs is 1. The number of hydrogen-bond acceptors (Lipinski definition) is 4. The summed E-state index contributed by atoms with van der Waals surface area (Å²) in [5.74, 6) is -0.301. The van der Waals surface area contributed by atoms with Crippen molar-refractivity contribution in [3.8, 4) is 0 Å². The van der Waals surface area contributed by atoms with Gasteiger partial charge in [-0.1, -0.05) is 12.2 Å². The second kappa shape index (κ2) is 6.44. The number of pyridine rings is 1. The average Bonchev–Trinajstić information content (AvgIpc) is 2.54. The van der Waals surface area contributed by atoms with Gasteiger partial charge in [0.15, 0.2) is 0 Å². The molecule has 0 amide bonds. The summed E-state index contributed by atoms with van der Waals surface area (Å²) in [6.45, 7) is 0.0286. The normalized spacial score (nSPS) is 17.6. The number of rotatable bonds is 3. The van der Waals surface area contributed by atoms with Gasteiger partial charge < -0.3 is 4.74 Å². The molecule has 1 atom stereocenters. The zero-order chi connectivity index (χ0) is 15.5. The van der Waals surface area contributed by atoms with E-state index in [0.29, 0.717) is 11.3 Å². The Morgan fingerprint density at radius 1 is 1.41 bits per heavy atom. The minimum absolute atomic E-state index is 0.0286. The molecule has 0 fully saturated rings. The van der Waals surface area contributed by atoms with E-state index in [9.17, 15) is 9.59 Å². The molecule has 2 aromatic heterocycles. The minimum atomic E-state index is -0.220. The molecule has 2 heterocycles. The highest BCUT2D eigenvalue weighted by molar-refractivity contribution is 9.10. The highest BCUT2D eigenvalue weighted by Crippen LogP contribution is 2.20. The van der Waals surface area contributed by atoms with E-state index in [1.165, 1.54) is 10.5 Å². The Bertz CT molecular complexity index is 798. The van der Waals surface area contributed by atoms with Crippen LogP contribution in [0.1, 0.15) is 25.0 Å². The van der Waals surface area contributed by atoms with Crippen LogP contribution >= 0.6 is 15.9 Å². The molecule has 0 N–H and O–H groups in total. The molecule has 1 aliphatic rings. The van der Waals surface area contributed by atoms with Gasteiger partial charge in [-0.2, -0.15) is 0 Å². The lowest BCUT2D eigenvalue weighted by Crippen LogP contribution is -2.20. The first-order valence-corrected chi connectivity index (χ1v) is 7.92. The van der Waals surface area contributed by atoms with Crippen LogP contribution in [0.2, 0.25) is 0 Å². The summed E-state index contributed by atoms with van der Waals surface area (Å²) in [6, 6.07) is 4.95. The Hall–Kier alpha value is -1.95. The van der Waals surface area contributed by atoms with E-state index >= 15 is 0 Å². The van der Waals surface area contributed by atoms with E-state index in [1.54, 1.807) is 12.3 Å². The predicted octanol–water partition coefficient (Wildman–Crippen LogP) is 2.86. The lowest BCUT2D eigenvalue weighted by Gasteiger charge is -2.16. The van der Waals surface area contributed by atoms with Crippen molar-refractivity contribution in [2.45, 2.75) is 25.9 Å². The molecule has 5 nitrogen and oxygen atoms in total. The van der Waals surface area contributed by atoms with E-state index < -0.39 is 0 Å². The molecule has 114 valence electrons. The first-order valence-electron chi connectivity index (χ1n) is 7.13. The third-order valence-electron chi connectivity index (χ3n) is 3.64. The quantitative estimate of drug-likeness (QED) is 0.622. The van der Waals surface area contributed by atoms with Crippen LogP contribution in [-0.2, 0) is 16.1 Å². The van der Waals surface area contributed by atoms with Crippen molar-refractivity contribution in [2.24, 2.45) is 5.92 Å². The first kappa shape index (κ1) is 15.0. The van der Waals surface area contributed by atoms with Gasteiger partial charge in [-0.15, -0.1) is 0 Å². The van der Waals surface area contributed by atoms with Crippen molar-refractivity contribution >= 4 is 27.5 Å². The van der Waals surface area contributed by atoms with Crippen molar-refractivity contribution in [3.05, 3.63) is 57.1 Å². The van der Waals surface area contributed by atoms with E-state index in [-0.39, 0.29) is 24.1 Å². The van der Waals surface area contributed by atoms with E-state index in [0.717, 1.165) is 23.7 Å². The maximum Gasteiger partial charge on any atom is 0.309 e. The molecule has 0 aliphatic heterocycles. The molecule has 0 unspecified atom stereocenters. The molecule has 0 saturated heterocycles. The van der Waals surface area contributed by atoms with Crippen LogP contribution < -0.4 is 5.56 Å². The van der Waals surface area contributed by atoms with Gasteiger partial charge in [0.1, 0.15) is 12.3 Å². The molecule has 0 spiro atoms. The van der Waals surface area contributed by atoms with Crippen molar-refractivity contribution in [3.63, 3.8) is 0 Å². The second-order valence-corrected chi connectivity index (χ2v) is 6.17. The van der Waals surface area contributed by atoms with Gasteiger partial charge in [-0.05, 0) is 47.3 Å². The second-order valence-electron chi connectivity index (χ2n) is 5.25. The van der Waals surface area contributed by atoms with Crippen LogP contribution in [0.4, 0.5) is 0 Å². The summed E-state index contributed by atoms with van der Waals surface area (Å²) in [7, 11) is 0. The molecule has 0 saturated carbocycles. The van der Waals surface area contributed by atoms with Crippen molar-refractivity contribution in [2.75, 3.05) is 0 Å². The van der Waals surface area contributed by atoms with Gasteiger partial charge in [0.2, 0.25) is 0 Å². The zero-order valence-corrected chi connectivity index (χ0v) is 13.5. The fraction of sp³-hybridized carbons (Fsp3) is 0.312. The number of ether oxygens (including phenoxy) is 1. The third kappa shape index (κ3) is 3.27. The number of esters is 1. The Balaban J connectivity index is 1.74. The fourth-order valence-electron chi connectivity index (χ4n) is 2.47. The summed E-state index contributed by atoms with van der Waals surface area (Å²) in [5.41, 5.74) is 0.798. The largest absolute Gasteiger partial charge is 0.459 e. The lowest BCUT2D eigenvalue weighted by atomic mass is 9.95. The van der Waals surface area contributed by atoms with Crippen molar-refractivity contribution in [1.82, 2.24) is 9.38 Å². The first-order chi connectivity index (χ1) is 10.6. The van der Waals surface area contributed by atoms with E-state index in [4.69, 9.17) is 4.74 Å². The number of carbonyl (C=O) groups excluding carboxylic acids is 1. The van der Waals surface area contributed by atoms with Crippen LogP contribution in [0, 0.1) is 5.92 Å². The van der Waals surface area contributed by atoms with Gasteiger partial charge in [-0.3, -0.25) is 14.0 Å². The summed E-state index contributed by atoms with van der Waals surface area (Å²) in [5, 5.41) is 0. The SMILES string of the molecule is O=C(OCc1cc(=O)n2cc(Br)ccc2n1)[C@@H]1CC=CCC1. The van der Waals surface area contributed by atoms with E-state index in [1.807, 2.05) is 12.1 Å². The predicted molar refractivity (Wildman–Crippen MR) is 85.4 cm³/mol. The number of hydrogen-bond donors (Lipinski definition) is 0. The molecule has 2 aromatic rings. The molecular formula is C16H15BrN2O3. The minimum Gasteiger partial charge on any atom is -0.459 e. The maximum absolute atomic E-state index is 12.1. The summed E-state index contributed by atoms with van der Waals surface area (Å²) < 4.78 is 7.55. The number of halogens is 1. The highest BCUT2D eigenvalue weighted by Gasteiger charge is 2.20. The molecule has 3 rings (SSSR count). The smallest absolute Gasteiger partial charge is 0.309 e. The Labute approximate surface area is 135 Å². The summed E-state index contributed by atoms with van der Waals surface area (Å²) >= 11 is 3.32. The van der Waals surface area contributed by atoms with Crippen molar-refractivity contribution < 1.29 is 9.53 Å². The van der Waals surface area contributed by atoms with Crippen LogP contribution in [-0.4, -0.2) is 15.4 Å².